The summed E-state index contributed by atoms with van der Waals surface area (Å²) in [5.41, 5.74) is 0.587. The molecule has 1 atom stereocenters. The minimum absolute atomic E-state index is 0.0271. The Kier molecular flexibility index (Phi) is 6.83. The molecule has 0 N–H and O–H groups in total. The van der Waals surface area contributed by atoms with E-state index in [-0.39, 0.29) is 11.9 Å². The van der Waals surface area contributed by atoms with Crippen molar-refractivity contribution in [1.82, 2.24) is 4.90 Å². The van der Waals surface area contributed by atoms with E-state index in [9.17, 15) is 4.79 Å². The van der Waals surface area contributed by atoms with Crippen LogP contribution in [0, 0.1) is 0 Å². The first-order valence-corrected chi connectivity index (χ1v) is 7.43. The van der Waals surface area contributed by atoms with Crippen LogP contribution in [0.15, 0.2) is 22.7 Å². The van der Waals surface area contributed by atoms with Crippen LogP contribution in [0.25, 0.3) is 0 Å². The first kappa shape index (κ1) is 16.5. The van der Waals surface area contributed by atoms with Crippen molar-refractivity contribution in [3.8, 4) is 0 Å². The fourth-order valence-electron chi connectivity index (χ4n) is 1.75. The summed E-state index contributed by atoms with van der Waals surface area (Å²) in [7, 11) is 1.63. The number of methoxy groups -OCH3 is 1. The molecule has 1 unspecified atom stereocenters. The Bertz CT molecular complexity index is 439. The normalized spacial score (nSPS) is 12.3. The van der Waals surface area contributed by atoms with E-state index in [2.05, 4.69) is 22.9 Å². The number of nitrogens with zero attached hydrogens (tertiary/aromatic N) is 1. The number of ether oxygens (including phenoxy) is 1. The molecule has 0 aliphatic heterocycles. The number of hydrogen-bond donors (Lipinski definition) is 0. The van der Waals surface area contributed by atoms with Crippen LogP contribution in [0.4, 0.5) is 0 Å². The van der Waals surface area contributed by atoms with Crippen LogP contribution in [0.2, 0.25) is 5.02 Å². The molecule has 0 spiro atoms. The second-order valence-corrected chi connectivity index (χ2v) is 5.66. The lowest BCUT2D eigenvalue weighted by atomic mass is 10.1. The SMILES string of the molecule is CCC(C)N(CCOC)C(=O)c1cc(Cl)ccc1Br. The summed E-state index contributed by atoms with van der Waals surface area (Å²) >= 11 is 9.37. The third-order valence-corrected chi connectivity index (χ3v) is 4.01. The standard InChI is InChI=1S/C14H19BrClNO2/c1-4-10(2)17(7-8-19-3)14(18)12-9-11(16)5-6-13(12)15/h5-6,9-10H,4,7-8H2,1-3H3. The van der Waals surface area contributed by atoms with E-state index in [0.717, 1.165) is 10.9 Å². The van der Waals surface area contributed by atoms with Crippen LogP contribution in [-0.4, -0.2) is 37.1 Å². The molecule has 3 nitrogen and oxygen atoms in total. The highest BCUT2D eigenvalue weighted by Crippen LogP contribution is 2.23. The maximum absolute atomic E-state index is 12.6. The molecular formula is C14H19BrClNO2. The van der Waals surface area contributed by atoms with Crippen LogP contribution in [0.5, 0.6) is 0 Å². The van der Waals surface area contributed by atoms with E-state index >= 15 is 0 Å². The summed E-state index contributed by atoms with van der Waals surface area (Å²) in [4.78, 5) is 14.4. The van der Waals surface area contributed by atoms with Crippen LogP contribution < -0.4 is 0 Å². The summed E-state index contributed by atoms with van der Waals surface area (Å²) in [6.07, 6.45) is 0.896. The van der Waals surface area contributed by atoms with Gasteiger partial charge in [-0.15, -0.1) is 0 Å². The number of carbonyl (C=O) groups excluding carboxylic acids is 1. The van der Waals surface area contributed by atoms with E-state index < -0.39 is 0 Å². The van der Waals surface area contributed by atoms with Crippen LogP contribution in [0.1, 0.15) is 30.6 Å². The minimum Gasteiger partial charge on any atom is -0.383 e. The van der Waals surface area contributed by atoms with E-state index in [1.54, 1.807) is 25.3 Å². The number of carbonyl (C=O) groups is 1. The Morgan fingerprint density at radius 2 is 2.21 bits per heavy atom. The van der Waals surface area contributed by atoms with Gasteiger partial charge in [0.2, 0.25) is 0 Å². The van der Waals surface area contributed by atoms with Crippen LogP contribution in [-0.2, 0) is 4.74 Å². The van der Waals surface area contributed by atoms with Gasteiger partial charge in [0.15, 0.2) is 0 Å². The van der Waals surface area contributed by atoms with Crippen molar-refractivity contribution in [3.63, 3.8) is 0 Å². The number of hydrogen-bond acceptors (Lipinski definition) is 2. The molecule has 5 heteroatoms. The summed E-state index contributed by atoms with van der Waals surface area (Å²) < 4.78 is 5.83. The van der Waals surface area contributed by atoms with Crippen molar-refractivity contribution in [1.29, 1.82) is 0 Å². The second-order valence-electron chi connectivity index (χ2n) is 4.37. The second kappa shape index (κ2) is 7.88. The Morgan fingerprint density at radius 3 is 2.79 bits per heavy atom. The molecule has 0 aromatic heterocycles. The van der Waals surface area contributed by atoms with Crippen molar-refractivity contribution in [2.24, 2.45) is 0 Å². The molecule has 1 rings (SSSR count). The maximum Gasteiger partial charge on any atom is 0.255 e. The minimum atomic E-state index is -0.0271. The molecule has 0 bridgehead atoms. The van der Waals surface area contributed by atoms with Gasteiger partial charge in [0.1, 0.15) is 0 Å². The van der Waals surface area contributed by atoms with Gasteiger partial charge in [-0.05, 0) is 47.5 Å². The summed E-state index contributed by atoms with van der Waals surface area (Å²) in [5.74, 6) is -0.0271. The van der Waals surface area contributed by atoms with Gasteiger partial charge < -0.3 is 9.64 Å². The maximum atomic E-state index is 12.6. The van der Waals surface area contributed by atoms with Gasteiger partial charge in [-0.25, -0.2) is 0 Å². The number of amides is 1. The lowest BCUT2D eigenvalue weighted by Gasteiger charge is -2.29. The zero-order valence-corrected chi connectivity index (χ0v) is 13.8. The summed E-state index contributed by atoms with van der Waals surface area (Å²) in [5, 5.41) is 0.558. The van der Waals surface area contributed by atoms with E-state index in [0.29, 0.717) is 23.7 Å². The average Bonchev–Trinajstić information content (AvgIpc) is 2.41. The van der Waals surface area contributed by atoms with Gasteiger partial charge in [-0.3, -0.25) is 4.79 Å². The molecule has 0 heterocycles. The topological polar surface area (TPSA) is 29.5 Å². The highest BCUT2D eigenvalue weighted by Gasteiger charge is 2.22. The fraction of sp³-hybridized carbons (Fsp3) is 0.500. The predicted molar refractivity (Wildman–Crippen MR) is 81.8 cm³/mol. The first-order chi connectivity index (χ1) is 9.01. The molecule has 0 radical (unpaired) electrons. The zero-order chi connectivity index (χ0) is 14.4. The molecule has 0 fully saturated rings. The Labute approximate surface area is 128 Å². The van der Waals surface area contributed by atoms with E-state index in [1.807, 2.05) is 11.8 Å². The van der Waals surface area contributed by atoms with Gasteiger partial charge in [-0.2, -0.15) is 0 Å². The molecule has 0 saturated carbocycles. The monoisotopic (exact) mass is 347 g/mol. The molecule has 19 heavy (non-hydrogen) atoms. The third kappa shape index (κ3) is 4.48. The lowest BCUT2D eigenvalue weighted by Crippen LogP contribution is -2.40. The van der Waals surface area contributed by atoms with Crippen molar-refractivity contribution in [2.45, 2.75) is 26.3 Å². The van der Waals surface area contributed by atoms with Crippen molar-refractivity contribution < 1.29 is 9.53 Å². The van der Waals surface area contributed by atoms with E-state index in [1.165, 1.54) is 0 Å². The molecule has 1 amide bonds. The van der Waals surface area contributed by atoms with Gasteiger partial charge in [0.25, 0.3) is 5.91 Å². The number of rotatable bonds is 6. The molecule has 1 aromatic rings. The zero-order valence-electron chi connectivity index (χ0n) is 11.5. The van der Waals surface area contributed by atoms with Crippen LogP contribution >= 0.6 is 27.5 Å². The molecule has 106 valence electrons. The van der Waals surface area contributed by atoms with Crippen LogP contribution in [0.3, 0.4) is 0 Å². The van der Waals surface area contributed by atoms with E-state index in [4.69, 9.17) is 16.3 Å². The Balaban J connectivity index is 3.00. The molecule has 0 aliphatic carbocycles. The summed E-state index contributed by atoms with van der Waals surface area (Å²) in [6.45, 7) is 5.19. The smallest absolute Gasteiger partial charge is 0.255 e. The molecule has 0 aliphatic rings. The Morgan fingerprint density at radius 1 is 1.53 bits per heavy atom. The highest BCUT2D eigenvalue weighted by molar-refractivity contribution is 9.10. The average molecular weight is 349 g/mol. The molecular weight excluding hydrogens is 330 g/mol. The van der Waals surface area contributed by atoms with Gasteiger partial charge >= 0.3 is 0 Å². The predicted octanol–water partition coefficient (Wildman–Crippen LogP) is 3.99. The quantitative estimate of drug-likeness (QED) is 0.778. The number of benzene rings is 1. The van der Waals surface area contributed by atoms with Gasteiger partial charge in [0, 0.05) is 29.2 Å². The van der Waals surface area contributed by atoms with Gasteiger partial charge in [0.05, 0.1) is 12.2 Å². The highest BCUT2D eigenvalue weighted by atomic mass is 79.9. The van der Waals surface area contributed by atoms with Gasteiger partial charge in [-0.1, -0.05) is 18.5 Å². The molecule has 1 aromatic carbocycles. The summed E-state index contributed by atoms with van der Waals surface area (Å²) in [6, 6.07) is 5.40. The fourth-order valence-corrected chi connectivity index (χ4v) is 2.34. The molecule has 0 saturated heterocycles. The third-order valence-electron chi connectivity index (χ3n) is 3.08. The van der Waals surface area contributed by atoms with Crippen molar-refractivity contribution in [2.75, 3.05) is 20.3 Å². The first-order valence-electron chi connectivity index (χ1n) is 6.26. The van der Waals surface area contributed by atoms with Crippen molar-refractivity contribution in [3.05, 3.63) is 33.3 Å². The number of halogens is 2. The van der Waals surface area contributed by atoms with Crippen molar-refractivity contribution >= 4 is 33.4 Å². The largest absolute Gasteiger partial charge is 0.383 e. The lowest BCUT2D eigenvalue weighted by molar-refractivity contribution is 0.0613. The Hall–Kier alpha value is -0.580.